The second-order valence-corrected chi connectivity index (χ2v) is 11.5. The zero-order valence-electron chi connectivity index (χ0n) is 25.9. The molecule has 236 valence electrons. The summed E-state index contributed by atoms with van der Waals surface area (Å²) in [5.74, 6) is 1.00. The molecule has 0 spiro atoms. The van der Waals surface area contributed by atoms with Crippen LogP contribution in [0, 0.1) is 25.2 Å². The predicted molar refractivity (Wildman–Crippen MR) is 182 cm³/mol. The van der Waals surface area contributed by atoms with Crippen LogP contribution in [0.3, 0.4) is 0 Å². The van der Waals surface area contributed by atoms with Crippen LogP contribution in [0.4, 0.5) is 0 Å². The van der Waals surface area contributed by atoms with Gasteiger partial charge in [0.2, 0.25) is 0 Å². The van der Waals surface area contributed by atoms with E-state index in [0.29, 0.717) is 57.0 Å². The number of carbonyl (C=O) groups is 2. The van der Waals surface area contributed by atoms with Crippen molar-refractivity contribution in [1.82, 2.24) is 14.4 Å². The maximum atomic E-state index is 12.5. The summed E-state index contributed by atoms with van der Waals surface area (Å²) in [5, 5.41) is 9.52. The highest BCUT2D eigenvalue weighted by Crippen LogP contribution is 2.37. The zero-order valence-corrected chi connectivity index (χ0v) is 26.7. The molecule has 0 atom stereocenters. The quantitative estimate of drug-likeness (QED) is 0.141. The number of aldehydes is 2. The lowest BCUT2D eigenvalue weighted by atomic mass is 9.91. The van der Waals surface area contributed by atoms with Crippen LogP contribution < -0.4 is 15.0 Å². The molecule has 0 aliphatic heterocycles. The third-order valence-corrected chi connectivity index (χ3v) is 8.44. The predicted octanol–water partition coefficient (Wildman–Crippen LogP) is 7.35. The Morgan fingerprint density at radius 2 is 1.56 bits per heavy atom. The van der Waals surface area contributed by atoms with E-state index in [0.717, 1.165) is 33.4 Å². The van der Waals surface area contributed by atoms with Gasteiger partial charge in [0.15, 0.2) is 12.6 Å². The van der Waals surface area contributed by atoms with Gasteiger partial charge in [-0.05, 0) is 83.6 Å². The number of hydrogen-bond donors (Lipinski definition) is 0. The van der Waals surface area contributed by atoms with Crippen LogP contribution in [0.5, 0.6) is 11.5 Å². The van der Waals surface area contributed by atoms with E-state index in [1.807, 2.05) is 68.4 Å². The standard InChI is InChI=1S/C38H27ClN4O5/c1-23-31(27-9-10-43-37(14-27)42-18-30(20-45)38(43)46)5-3-6-32(23)33-7-4-8-35(24(33)2)48-22-29-13-36(28(19-44)12-34(29)39)47-21-26-11-25(15-40)16-41-17-26/h3-14,16-20H,21-22H2,1-2H3. The Morgan fingerprint density at radius 3 is 2.33 bits per heavy atom. The smallest absolute Gasteiger partial charge is 0.268 e. The fourth-order valence-electron chi connectivity index (χ4n) is 5.52. The number of halogens is 1. The van der Waals surface area contributed by atoms with Gasteiger partial charge in [0.25, 0.3) is 5.56 Å². The molecule has 9 nitrogen and oxygen atoms in total. The van der Waals surface area contributed by atoms with Crippen molar-refractivity contribution in [3.8, 4) is 39.8 Å². The molecule has 3 aromatic carbocycles. The van der Waals surface area contributed by atoms with Gasteiger partial charge in [-0.25, -0.2) is 4.98 Å². The average molecular weight is 655 g/mol. The normalized spacial score (nSPS) is 10.8. The Labute approximate surface area is 280 Å². The Morgan fingerprint density at radius 1 is 0.833 bits per heavy atom. The van der Waals surface area contributed by atoms with Gasteiger partial charge in [0.05, 0.1) is 16.7 Å². The van der Waals surface area contributed by atoms with Gasteiger partial charge in [-0.15, -0.1) is 0 Å². The molecule has 3 aromatic heterocycles. The van der Waals surface area contributed by atoms with Crippen LogP contribution in [-0.2, 0) is 13.2 Å². The van der Waals surface area contributed by atoms with E-state index in [2.05, 4.69) is 9.97 Å². The molecule has 3 heterocycles. The summed E-state index contributed by atoms with van der Waals surface area (Å²) in [6.45, 7) is 4.26. The Balaban J connectivity index is 1.26. The second kappa shape index (κ2) is 13.7. The van der Waals surface area contributed by atoms with Crippen LogP contribution in [0.1, 0.15) is 48.5 Å². The molecule has 0 radical (unpaired) electrons. The lowest BCUT2D eigenvalue weighted by Gasteiger charge is -2.17. The van der Waals surface area contributed by atoms with Crippen molar-refractivity contribution in [2.24, 2.45) is 0 Å². The summed E-state index contributed by atoms with van der Waals surface area (Å²) in [4.78, 5) is 43.9. The van der Waals surface area contributed by atoms with E-state index in [1.54, 1.807) is 30.6 Å². The van der Waals surface area contributed by atoms with Gasteiger partial charge in [0.1, 0.15) is 36.4 Å². The lowest BCUT2D eigenvalue weighted by molar-refractivity contribution is 0.111. The van der Waals surface area contributed by atoms with Crippen molar-refractivity contribution < 1.29 is 19.1 Å². The molecule has 6 rings (SSSR count). The van der Waals surface area contributed by atoms with Crippen molar-refractivity contribution in [1.29, 1.82) is 5.26 Å². The average Bonchev–Trinajstić information content (AvgIpc) is 3.11. The maximum absolute atomic E-state index is 12.5. The largest absolute Gasteiger partial charge is 0.489 e. The molecule has 0 fully saturated rings. The number of aromatic nitrogens is 3. The van der Waals surface area contributed by atoms with E-state index in [-0.39, 0.29) is 18.8 Å². The number of ether oxygens (including phenoxy) is 2. The zero-order chi connectivity index (χ0) is 33.8. The summed E-state index contributed by atoms with van der Waals surface area (Å²) in [7, 11) is 0. The first-order valence-electron chi connectivity index (χ1n) is 14.8. The van der Waals surface area contributed by atoms with Crippen molar-refractivity contribution in [3.05, 3.63) is 146 Å². The topological polar surface area (TPSA) is 124 Å². The van der Waals surface area contributed by atoms with Gasteiger partial charge in [-0.1, -0.05) is 41.9 Å². The molecule has 48 heavy (non-hydrogen) atoms. The number of nitriles is 1. The molecular formula is C38H27ClN4O5. The Hall–Kier alpha value is -6.11. The highest BCUT2D eigenvalue weighted by atomic mass is 35.5. The molecule has 0 saturated carbocycles. The van der Waals surface area contributed by atoms with Gasteiger partial charge in [-0.2, -0.15) is 5.26 Å². The highest BCUT2D eigenvalue weighted by Gasteiger charge is 2.16. The first-order chi connectivity index (χ1) is 23.3. The monoisotopic (exact) mass is 654 g/mol. The molecule has 0 amide bonds. The van der Waals surface area contributed by atoms with Crippen molar-refractivity contribution in [2.75, 3.05) is 0 Å². The van der Waals surface area contributed by atoms with E-state index >= 15 is 0 Å². The molecule has 10 heteroatoms. The highest BCUT2D eigenvalue weighted by molar-refractivity contribution is 6.31. The number of fused-ring (bicyclic) bond motifs is 1. The first kappa shape index (κ1) is 31.9. The number of carbonyl (C=O) groups excluding carboxylic acids is 2. The Bertz CT molecular complexity index is 2330. The van der Waals surface area contributed by atoms with Crippen LogP contribution in [0.25, 0.3) is 27.9 Å². The van der Waals surface area contributed by atoms with E-state index in [4.69, 9.17) is 26.3 Å². The summed E-state index contributed by atoms with van der Waals surface area (Å²) in [6, 6.07) is 22.5. The number of hydrogen-bond acceptors (Lipinski definition) is 8. The van der Waals surface area contributed by atoms with Crippen LogP contribution in [0.2, 0.25) is 5.02 Å². The first-order valence-corrected chi connectivity index (χ1v) is 15.2. The van der Waals surface area contributed by atoms with Crippen molar-refractivity contribution in [3.63, 3.8) is 0 Å². The molecule has 0 aliphatic rings. The van der Waals surface area contributed by atoms with Gasteiger partial charge >= 0.3 is 0 Å². The summed E-state index contributed by atoms with van der Waals surface area (Å²) in [6.07, 6.45) is 7.17. The third-order valence-electron chi connectivity index (χ3n) is 8.09. The number of pyridine rings is 2. The lowest BCUT2D eigenvalue weighted by Crippen LogP contribution is -2.18. The number of benzene rings is 3. The Kier molecular flexibility index (Phi) is 9.10. The summed E-state index contributed by atoms with van der Waals surface area (Å²) < 4.78 is 13.6. The van der Waals surface area contributed by atoms with Crippen molar-refractivity contribution >= 4 is 29.8 Å². The number of nitrogens with zero attached hydrogens (tertiary/aromatic N) is 4. The van der Waals surface area contributed by atoms with Crippen molar-refractivity contribution in [2.45, 2.75) is 27.1 Å². The van der Waals surface area contributed by atoms with Crippen LogP contribution in [0.15, 0.2) is 96.3 Å². The van der Waals surface area contributed by atoms with E-state index in [9.17, 15) is 14.4 Å². The molecule has 0 unspecified atom stereocenters. The van der Waals surface area contributed by atoms with Gasteiger partial charge in [0, 0.05) is 40.9 Å². The van der Waals surface area contributed by atoms with E-state index in [1.165, 1.54) is 16.8 Å². The number of rotatable bonds is 10. The molecule has 0 aliphatic carbocycles. The van der Waals surface area contributed by atoms with Gasteiger partial charge < -0.3 is 9.47 Å². The minimum absolute atomic E-state index is 0.00164. The molecule has 0 N–H and O–H groups in total. The van der Waals surface area contributed by atoms with Crippen LogP contribution in [-0.4, -0.2) is 26.9 Å². The van der Waals surface area contributed by atoms with Crippen LogP contribution >= 0.6 is 11.6 Å². The summed E-state index contributed by atoms with van der Waals surface area (Å²) in [5.41, 5.74) is 7.85. The minimum Gasteiger partial charge on any atom is -0.489 e. The summed E-state index contributed by atoms with van der Waals surface area (Å²) >= 11 is 6.55. The molecule has 0 bridgehead atoms. The molecule has 0 saturated heterocycles. The fraction of sp³-hybridized carbons (Fsp3) is 0.105. The minimum atomic E-state index is -0.413. The van der Waals surface area contributed by atoms with E-state index < -0.39 is 5.56 Å². The second-order valence-electron chi connectivity index (χ2n) is 11.1. The molecular weight excluding hydrogens is 628 g/mol. The molecule has 6 aromatic rings. The SMILES string of the molecule is Cc1c(OCc2cc(OCc3cncc(C#N)c3)c(C=O)cc2Cl)cccc1-c1cccc(-c2ccn3c(=O)c(C=O)cnc3c2)c1C. The third kappa shape index (κ3) is 6.30. The maximum Gasteiger partial charge on any atom is 0.268 e. The van der Waals surface area contributed by atoms with Gasteiger partial charge in [-0.3, -0.25) is 23.8 Å². The fourth-order valence-corrected chi connectivity index (χ4v) is 5.75.